The fourth-order valence-electron chi connectivity index (χ4n) is 1.11. The van der Waals surface area contributed by atoms with Gasteiger partial charge in [-0.15, -0.1) is 0 Å². The molecule has 0 amide bonds. The molecule has 68 valence electrons. The Morgan fingerprint density at radius 1 is 1.50 bits per heavy atom. The predicted octanol–water partition coefficient (Wildman–Crippen LogP) is -1.36. The molecule has 2 radical (unpaired) electrons. The standard InChI is InChI=1S/C7H13BO4/c8-7-4-11-2-1-5(10)6(3-9)12-7/h5-7,9-10H,1-4H2. The molecule has 1 rings (SSSR count). The van der Waals surface area contributed by atoms with Crippen LogP contribution in [0.1, 0.15) is 6.42 Å². The normalized spacial score (nSPS) is 38.7. The van der Waals surface area contributed by atoms with E-state index in [0.29, 0.717) is 19.6 Å². The van der Waals surface area contributed by atoms with Crippen LogP contribution in [0.4, 0.5) is 0 Å². The van der Waals surface area contributed by atoms with E-state index in [9.17, 15) is 5.11 Å². The topological polar surface area (TPSA) is 58.9 Å². The number of ether oxygens (including phenoxy) is 2. The third-order valence-corrected chi connectivity index (χ3v) is 1.80. The van der Waals surface area contributed by atoms with E-state index in [1.807, 2.05) is 0 Å². The zero-order valence-electron chi connectivity index (χ0n) is 6.85. The Kier molecular flexibility index (Phi) is 4.01. The molecule has 0 aromatic heterocycles. The van der Waals surface area contributed by atoms with Gasteiger partial charge in [-0.25, -0.2) is 0 Å². The molecule has 1 aliphatic heterocycles. The zero-order valence-corrected chi connectivity index (χ0v) is 6.85. The van der Waals surface area contributed by atoms with Crippen molar-refractivity contribution >= 4 is 7.85 Å². The first-order valence-corrected chi connectivity index (χ1v) is 4.01. The van der Waals surface area contributed by atoms with Crippen LogP contribution in [0.5, 0.6) is 0 Å². The highest BCUT2D eigenvalue weighted by Gasteiger charge is 2.23. The Morgan fingerprint density at radius 3 is 2.92 bits per heavy atom. The van der Waals surface area contributed by atoms with Crippen molar-refractivity contribution in [2.75, 3.05) is 19.8 Å². The lowest BCUT2D eigenvalue weighted by atomic mass is 9.99. The summed E-state index contributed by atoms with van der Waals surface area (Å²) in [6.45, 7) is 0.548. The molecule has 3 unspecified atom stereocenters. The fourth-order valence-corrected chi connectivity index (χ4v) is 1.11. The van der Waals surface area contributed by atoms with Crippen LogP contribution < -0.4 is 0 Å². The summed E-state index contributed by atoms with van der Waals surface area (Å²) >= 11 is 0. The molecule has 12 heavy (non-hydrogen) atoms. The lowest BCUT2D eigenvalue weighted by molar-refractivity contribution is -0.118. The van der Waals surface area contributed by atoms with Gasteiger partial charge in [0.15, 0.2) is 0 Å². The maximum Gasteiger partial charge on any atom is 0.112 e. The molecule has 1 heterocycles. The number of aliphatic hydroxyl groups excluding tert-OH is 2. The van der Waals surface area contributed by atoms with Crippen molar-refractivity contribution < 1.29 is 19.7 Å². The Morgan fingerprint density at radius 2 is 2.25 bits per heavy atom. The largest absolute Gasteiger partial charge is 0.394 e. The summed E-state index contributed by atoms with van der Waals surface area (Å²) in [7, 11) is 5.46. The molecule has 0 bridgehead atoms. The fraction of sp³-hybridized carbons (Fsp3) is 1.00. The molecule has 4 nitrogen and oxygen atoms in total. The van der Waals surface area contributed by atoms with Gasteiger partial charge in [0.2, 0.25) is 0 Å². The Hall–Kier alpha value is -0.0951. The van der Waals surface area contributed by atoms with Crippen molar-refractivity contribution in [1.82, 2.24) is 0 Å². The molecule has 0 spiro atoms. The van der Waals surface area contributed by atoms with Crippen LogP contribution in [0.25, 0.3) is 0 Å². The summed E-state index contributed by atoms with van der Waals surface area (Å²) in [6, 6.07) is -0.558. The van der Waals surface area contributed by atoms with E-state index in [4.69, 9.17) is 22.4 Å². The zero-order chi connectivity index (χ0) is 8.97. The first-order chi connectivity index (χ1) is 5.74. The van der Waals surface area contributed by atoms with Crippen molar-refractivity contribution in [3.05, 3.63) is 0 Å². The van der Waals surface area contributed by atoms with E-state index < -0.39 is 18.2 Å². The third kappa shape index (κ3) is 2.75. The minimum atomic E-state index is -0.693. The SMILES string of the molecule is [B]C1COCCC(O)C(CO)O1. The highest BCUT2D eigenvalue weighted by molar-refractivity contribution is 6.11. The van der Waals surface area contributed by atoms with Crippen molar-refractivity contribution in [1.29, 1.82) is 0 Å². The van der Waals surface area contributed by atoms with Gasteiger partial charge in [-0.1, -0.05) is 0 Å². The highest BCUT2D eigenvalue weighted by atomic mass is 16.6. The summed E-state index contributed by atoms with van der Waals surface area (Å²) in [4.78, 5) is 0. The molecule has 0 saturated carbocycles. The van der Waals surface area contributed by atoms with E-state index >= 15 is 0 Å². The molecule has 0 aliphatic carbocycles. The van der Waals surface area contributed by atoms with E-state index in [0.717, 1.165) is 0 Å². The molecule has 1 fully saturated rings. The number of hydrogen-bond donors (Lipinski definition) is 2. The second-order valence-corrected chi connectivity index (χ2v) is 2.83. The van der Waals surface area contributed by atoms with Crippen LogP contribution >= 0.6 is 0 Å². The van der Waals surface area contributed by atoms with Crippen LogP contribution in [0.3, 0.4) is 0 Å². The number of rotatable bonds is 1. The lowest BCUT2D eigenvalue weighted by Crippen LogP contribution is -2.40. The van der Waals surface area contributed by atoms with Crippen molar-refractivity contribution in [2.24, 2.45) is 0 Å². The Bertz CT molecular complexity index is 133. The summed E-state index contributed by atoms with van der Waals surface area (Å²) in [6.07, 6.45) is -0.803. The first kappa shape index (κ1) is 9.99. The van der Waals surface area contributed by atoms with Gasteiger partial charge in [0.25, 0.3) is 0 Å². The van der Waals surface area contributed by atoms with Crippen LogP contribution in [-0.4, -0.2) is 56.1 Å². The van der Waals surface area contributed by atoms with E-state index in [1.54, 1.807) is 0 Å². The molecule has 0 aromatic rings. The van der Waals surface area contributed by atoms with Gasteiger partial charge in [-0.3, -0.25) is 0 Å². The van der Waals surface area contributed by atoms with Gasteiger partial charge >= 0.3 is 0 Å². The van der Waals surface area contributed by atoms with Gasteiger partial charge in [-0.2, -0.15) is 0 Å². The lowest BCUT2D eigenvalue weighted by Gasteiger charge is -2.28. The quantitative estimate of drug-likeness (QED) is 0.479. The molecule has 0 aromatic carbocycles. The van der Waals surface area contributed by atoms with E-state index in [1.165, 1.54) is 0 Å². The van der Waals surface area contributed by atoms with Gasteiger partial charge in [-0.05, 0) is 6.42 Å². The van der Waals surface area contributed by atoms with Crippen LogP contribution in [-0.2, 0) is 9.47 Å². The van der Waals surface area contributed by atoms with Crippen molar-refractivity contribution in [2.45, 2.75) is 24.6 Å². The molecule has 2 N–H and O–H groups in total. The summed E-state index contributed by atoms with van der Waals surface area (Å²) in [5, 5.41) is 18.2. The van der Waals surface area contributed by atoms with Crippen LogP contribution in [0, 0.1) is 0 Å². The molecular formula is C7H13BO4. The second-order valence-electron chi connectivity index (χ2n) is 2.83. The van der Waals surface area contributed by atoms with Gasteiger partial charge < -0.3 is 19.7 Å². The molecule has 1 saturated heterocycles. The second kappa shape index (κ2) is 4.82. The van der Waals surface area contributed by atoms with Crippen molar-refractivity contribution in [3.63, 3.8) is 0 Å². The predicted molar refractivity (Wildman–Crippen MR) is 42.9 cm³/mol. The number of hydrogen-bond acceptors (Lipinski definition) is 4. The maximum absolute atomic E-state index is 9.37. The minimum Gasteiger partial charge on any atom is -0.394 e. The smallest absolute Gasteiger partial charge is 0.112 e. The van der Waals surface area contributed by atoms with Gasteiger partial charge in [0.1, 0.15) is 14.0 Å². The minimum absolute atomic E-state index is 0.213. The molecule has 3 atom stereocenters. The molecule has 1 aliphatic rings. The monoisotopic (exact) mass is 172 g/mol. The summed E-state index contributed by atoms with van der Waals surface area (Å²) in [5.74, 6) is 0. The highest BCUT2D eigenvalue weighted by Crippen LogP contribution is 2.09. The van der Waals surface area contributed by atoms with E-state index in [-0.39, 0.29) is 6.61 Å². The third-order valence-electron chi connectivity index (χ3n) is 1.80. The Labute approximate surface area is 72.9 Å². The number of aliphatic hydroxyl groups is 2. The van der Waals surface area contributed by atoms with Crippen molar-refractivity contribution in [3.8, 4) is 0 Å². The maximum atomic E-state index is 9.37. The van der Waals surface area contributed by atoms with Gasteiger partial charge in [0, 0.05) is 12.6 Å². The summed E-state index contributed by atoms with van der Waals surface area (Å²) in [5.41, 5.74) is 0. The Balaban J connectivity index is 2.44. The van der Waals surface area contributed by atoms with Crippen LogP contribution in [0.15, 0.2) is 0 Å². The van der Waals surface area contributed by atoms with Crippen LogP contribution in [0.2, 0.25) is 0 Å². The average Bonchev–Trinajstić information content (AvgIpc) is 2.05. The summed E-state index contributed by atoms with van der Waals surface area (Å²) < 4.78 is 10.2. The van der Waals surface area contributed by atoms with E-state index in [2.05, 4.69) is 0 Å². The molecular weight excluding hydrogens is 159 g/mol. The first-order valence-electron chi connectivity index (χ1n) is 4.01. The van der Waals surface area contributed by atoms with Gasteiger partial charge in [0.05, 0.1) is 19.3 Å². The average molecular weight is 172 g/mol. The molecule has 5 heteroatoms.